The lowest BCUT2D eigenvalue weighted by Gasteiger charge is -2.07. The third-order valence-corrected chi connectivity index (χ3v) is 3.81. The van der Waals surface area contributed by atoms with Gasteiger partial charge < -0.3 is 0 Å². The smallest absolute Gasteiger partial charge is 0.175 e. The fourth-order valence-corrected chi connectivity index (χ4v) is 2.77. The molecule has 0 aliphatic carbocycles. The third kappa shape index (κ3) is 2.94. The van der Waals surface area contributed by atoms with Gasteiger partial charge in [-0.05, 0) is 23.6 Å². The lowest BCUT2D eigenvalue weighted by atomic mass is 10.1. The molecule has 0 aliphatic rings. The van der Waals surface area contributed by atoms with Crippen LogP contribution in [0.1, 0.15) is 11.1 Å². The highest BCUT2D eigenvalue weighted by Gasteiger charge is 2.12. The first kappa shape index (κ1) is 11.9. The molecule has 0 amide bonds. The Hall–Kier alpha value is -1.61. The Kier molecular flexibility index (Phi) is 3.29. The summed E-state index contributed by atoms with van der Waals surface area (Å²) in [6.45, 7) is 0. The first-order valence-electron chi connectivity index (χ1n) is 5.39. The zero-order chi connectivity index (χ0) is 12.3. The molecule has 88 valence electrons. The number of sulfone groups is 1. The summed E-state index contributed by atoms with van der Waals surface area (Å²) >= 11 is 0. The van der Waals surface area contributed by atoms with Crippen LogP contribution in [0.4, 0.5) is 0 Å². The van der Waals surface area contributed by atoms with E-state index in [1.807, 2.05) is 42.5 Å². The lowest BCUT2D eigenvalue weighted by molar-refractivity contribution is 0.601. The Labute approximate surface area is 102 Å². The van der Waals surface area contributed by atoms with Gasteiger partial charge in [-0.1, -0.05) is 48.5 Å². The van der Waals surface area contributed by atoms with Crippen molar-refractivity contribution in [3.8, 4) is 0 Å². The van der Waals surface area contributed by atoms with Gasteiger partial charge in [0.15, 0.2) is 9.84 Å². The highest BCUT2D eigenvalue weighted by atomic mass is 32.2. The summed E-state index contributed by atoms with van der Waals surface area (Å²) in [4.78, 5) is 0.420. The molecule has 2 nitrogen and oxygen atoms in total. The van der Waals surface area contributed by atoms with Crippen molar-refractivity contribution < 1.29 is 8.42 Å². The van der Waals surface area contributed by atoms with Gasteiger partial charge in [0.1, 0.15) is 0 Å². The van der Waals surface area contributed by atoms with E-state index in [-0.39, 0.29) is 0 Å². The molecular weight excluding hydrogens is 232 g/mol. The lowest BCUT2D eigenvalue weighted by Crippen LogP contribution is -2.02. The standard InChI is InChI=1S/C14H14O2S/c1-17(15,16)14-10-6-5-9-13(14)11-12-7-3-2-4-8-12/h2-10H,11H2,1H3. The molecule has 2 aromatic carbocycles. The van der Waals surface area contributed by atoms with Crippen LogP contribution in [0.5, 0.6) is 0 Å². The van der Waals surface area contributed by atoms with E-state index in [0.717, 1.165) is 11.1 Å². The van der Waals surface area contributed by atoms with Crippen LogP contribution in [-0.2, 0) is 16.3 Å². The molecule has 0 fully saturated rings. The molecule has 0 heterocycles. The summed E-state index contributed by atoms with van der Waals surface area (Å²) in [6.07, 6.45) is 1.89. The van der Waals surface area contributed by atoms with E-state index in [0.29, 0.717) is 11.3 Å². The third-order valence-electron chi connectivity index (χ3n) is 2.61. The molecule has 0 aliphatic heterocycles. The second kappa shape index (κ2) is 4.72. The van der Waals surface area contributed by atoms with Gasteiger partial charge in [0.25, 0.3) is 0 Å². The summed E-state index contributed by atoms with van der Waals surface area (Å²) in [7, 11) is -3.15. The first-order valence-corrected chi connectivity index (χ1v) is 7.28. The molecule has 2 rings (SSSR count). The van der Waals surface area contributed by atoms with Crippen LogP contribution in [0, 0.1) is 0 Å². The number of rotatable bonds is 3. The van der Waals surface area contributed by atoms with E-state index in [4.69, 9.17) is 0 Å². The highest BCUT2D eigenvalue weighted by Crippen LogP contribution is 2.18. The monoisotopic (exact) mass is 246 g/mol. The summed E-state index contributed by atoms with van der Waals surface area (Å²) < 4.78 is 23.3. The topological polar surface area (TPSA) is 34.1 Å². The highest BCUT2D eigenvalue weighted by molar-refractivity contribution is 7.90. The second-order valence-electron chi connectivity index (χ2n) is 4.04. The fourth-order valence-electron chi connectivity index (χ4n) is 1.83. The van der Waals surface area contributed by atoms with Crippen LogP contribution in [-0.4, -0.2) is 14.7 Å². The predicted molar refractivity (Wildman–Crippen MR) is 68.8 cm³/mol. The van der Waals surface area contributed by atoms with Gasteiger partial charge in [0.2, 0.25) is 0 Å². The molecule has 0 saturated carbocycles. The Morgan fingerprint density at radius 2 is 1.47 bits per heavy atom. The second-order valence-corrected chi connectivity index (χ2v) is 6.03. The van der Waals surface area contributed by atoms with Gasteiger partial charge in [-0.3, -0.25) is 0 Å². The van der Waals surface area contributed by atoms with Crippen LogP contribution in [0.15, 0.2) is 59.5 Å². The van der Waals surface area contributed by atoms with Crippen molar-refractivity contribution in [2.24, 2.45) is 0 Å². The molecule has 17 heavy (non-hydrogen) atoms. The molecule has 3 heteroatoms. The molecule has 0 saturated heterocycles. The van der Waals surface area contributed by atoms with Crippen molar-refractivity contribution in [3.63, 3.8) is 0 Å². The summed E-state index contributed by atoms with van der Waals surface area (Å²) in [5.74, 6) is 0. The van der Waals surface area contributed by atoms with Gasteiger partial charge in [0, 0.05) is 6.26 Å². The van der Waals surface area contributed by atoms with Crippen LogP contribution < -0.4 is 0 Å². The first-order chi connectivity index (χ1) is 8.07. The Morgan fingerprint density at radius 1 is 0.882 bits per heavy atom. The maximum absolute atomic E-state index is 11.6. The summed E-state index contributed by atoms with van der Waals surface area (Å²) in [5.41, 5.74) is 1.96. The molecule has 0 spiro atoms. The van der Waals surface area contributed by atoms with Crippen molar-refractivity contribution >= 4 is 9.84 Å². The zero-order valence-electron chi connectivity index (χ0n) is 9.63. The Balaban J connectivity index is 2.41. The van der Waals surface area contributed by atoms with E-state index in [2.05, 4.69) is 0 Å². The molecule has 0 aromatic heterocycles. The number of hydrogen-bond donors (Lipinski definition) is 0. The molecular formula is C14H14O2S. The molecule has 2 aromatic rings. The van der Waals surface area contributed by atoms with Gasteiger partial charge >= 0.3 is 0 Å². The SMILES string of the molecule is CS(=O)(=O)c1ccccc1Cc1ccccc1. The van der Waals surface area contributed by atoms with Crippen LogP contribution >= 0.6 is 0 Å². The van der Waals surface area contributed by atoms with Crippen molar-refractivity contribution in [3.05, 3.63) is 65.7 Å². The van der Waals surface area contributed by atoms with E-state index in [9.17, 15) is 8.42 Å². The fraction of sp³-hybridized carbons (Fsp3) is 0.143. The number of benzene rings is 2. The van der Waals surface area contributed by atoms with E-state index >= 15 is 0 Å². The molecule has 0 radical (unpaired) electrons. The van der Waals surface area contributed by atoms with E-state index in [1.54, 1.807) is 12.1 Å². The molecule has 0 atom stereocenters. The number of hydrogen-bond acceptors (Lipinski definition) is 2. The minimum atomic E-state index is -3.15. The molecule has 0 unspecified atom stereocenters. The Bertz CT molecular complexity index is 601. The summed E-state index contributed by atoms with van der Waals surface area (Å²) in [5, 5.41) is 0. The van der Waals surface area contributed by atoms with Crippen LogP contribution in [0.25, 0.3) is 0 Å². The van der Waals surface area contributed by atoms with Crippen molar-refractivity contribution in [1.82, 2.24) is 0 Å². The quantitative estimate of drug-likeness (QED) is 0.834. The van der Waals surface area contributed by atoms with Gasteiger partial charge in [0.05, 0.1) is 4.90 Å². The maximum atomic E-state index is 11.6. The Morgan fingerprint density at radius 3 is 2.12 bits per heavy atom. The summed E-state index contributed by atoms with van der Waals surface area (Å²) in [6, 6.07) is 17.0. The van der Waals surface area contributed by atoms with E-state index < -0.39 is 9.84 Å². The van der Waals surface area contributed by atoms with Crippen LogP contribution in [0.3, 0.4) is 0 Å². The average molecular weight is 246 g/mol. The normalized spacial score (nSPS) is 11.4. The maximum Gasteiger partial charge on any atom is 0.175 e. The average Bonchev–Trinajstić information content (AvgIpc) is 2.30. The minimum Gasteiger partial charge on any atom is -0.224 e. The van der Waals surface area contributed by atoms with Crippen molar-refractivity contribution in [1.29, 1.82) is 0 Å². The van der Waals surface area contributed by atoms with Gasteiger partial charge in [-0.25, -0.2) is 8.42 Å². The van der Waals surface area contributed by atoms with Gasteiger partial charge in [-0.2, -0.15) is 0 Å². The van der Waals surface area contributed by atoms with Crippen LogP contribution in [0.2, 0.25) is 0 Å². The van der Waals surface area contributed by atoms with E-state index in [1.165, 1.54) is 6.26 Å². The molecule has 0 N–H and O–H groups in total. The van der Waals surface area contributed by atoms with Crippen molar-refractivity contribution in [2.75, 3.05) is 6.26 Å². The molecule has 0 bridgehead atoms. The largest absolute Gasteiger partial charge is 0.224 e. The van der Waals surface area contributed by atoms with Crippen molar-refractivity contribution in [2.45, 2.75) is 11.3 Å². The van der Waals surface area contributed by atoms with Gasteiger partial charge in [-0.15, -0.1) is 0 Å². The predicted octanol–water partition coefficient (Wildman–Crippen LogP) is 2.68. The zero-order valence-corrected chi connectivity index (χ0v) is 10.4. The minimum absolute atomic E-state index is 0.420.